The van der Waals surface area contributed by atoms with E-state index in [9.17, 15) is 4.79 Å². The van der Waals surface area contributed by atoms with Gasteiger partial charge < -0.3 is 10.1 Å². The molecule has 2 aliphatic rings. The smallest absolute Gasteiger partial charge is 0.229 e. The lowest BCUT2D eigenvalue weighted by Gasteiger charge is -2.41. The molecule has 2 atom stereocenters. The number of hydrogen-bond donors (Lipinski definition) is 2. The van der Waals surface area contributed by atoms with Gasteiger partial charge in [0.05, 0.1) is 19.1 Å². The minimum atomic E-state index is -0.335. The monoisotopic (exact) mass is 305 g/mol. The van der Waals surface area contributed by atoms with Gasteiger partial charge in [-0.3, -0.25) is 15.1 Å². The second-order valence-electron chi connectivity index (χ2n) is 5.66. The molecule has 5 nitrogen and oxygen atoms in total. The van der Waals surface area contributed by atoms with Crippen molar-refractivity contribution in [3.05, 3.63) is 21.9 Å². The first-order chi connectivity index (χ1) is 10.1. The largest absolute Gasteiger partial charge is 0.496 e. The summed E-state index contributed by atoms with van der Waals surface area (Å²) < 4.78 is 5.44. The number of rotatable bonds is 2. The Balaban J connectivity index is 1.89. The van der Waals surface area contributed by atoms with Gasteiger partial charge in [0.25, 0.3) is 0 Å². The highest BCUT2D eigenvalue weighted by atomic mass is 32.1. The first kappa shape index (κ1) is 14.1. The Bertz CT molecular complexity index is 635. The van der Waals surface area contributed by atoms with Crippen molar-refractivity contribution < 1.29 is 9.53 Å². The van der Waals surface area contributed by atoms with E-state index in [1.807, 2.05) is 5.38 Å². The number of hydrogen-bond acceptors (Lipinski definition) is 4. The second kappa shape index (κ2) is 5.18. The van der Waals surface area contributed by atoms with Gasteiger partial charge in [-0.05, 0) is 19.4 Å². The summed E-state index contributed by atoms with van der Waals surface area (Å²) in [6.45, 7) is 2.08. The van der Waals surface area contributed by atoms with Crippen LogP contribution in [0.1, 0.15) is 23.8 Å². The molecule has 2 heterocycles. The van der Waals surface area contributed by atoms with Crippen LogP contribution in [0.25, 0.3) is 6.08 Å². The van der Waals surface area contributed by atoms with Crippen LogP contribution >= 0.6 is 11.3 Å². The fraction of sp³-hybridized carbons (Fsp3) is 0.467. The van der Waals surface area contributed by atoms with Crippen LogP contribution in [0.3, 0.4) is 0 Å². The number of thiophene rings is 1. The third-order valence-corrected chi connectivity index (χ3v) is 5.21. The highest BCUT2D eigenvalue weighted by Gasteiger charge is 2.41. The first-order valence-electron chi connectivity index (χ1n) is 6.93. The second-order valence-corrected chi connectivity index (χ2v) is 6.57. The number of aliphatic imine (C=N–C) groups is 1. The zero-order valence-corrected chi connectivity index (χ0v) is 13.2. The lowest BCUT2D eigenvalue weighted by Crippen LogP contribution is -2.63. The van der Waals surface area contributed by atoms with E-state index in [1.54, 1.807) is 25.5 Å². The SMILES string of the molecule is CN=C1NC(=O)C[C@@](C)(C2C=Cc3scc(OC)c3C2)N1. The van der Waals surface area contributed by atoms with Crippen LogP contribution in [0.4, 0.5) is 0 Å². The van der Waals surface area contributed by atoms with Gasteiger partial charge in [-0.2, -0.15) is 0 Å². The molecule has 0 bridgehead atoms. The predicted molar refractivity (Wildman–Crippen MR) is 84.8 cm³/mol. The molecule has 1 amide bonds. The van der Waals surface area contributed by atoms with Gasteiger partial charge >= 0.3 is 0 Å². The van der Waals surface area contributed by atoms with E-state index in [4.69, 9.17) is 4.74 Å². The van der Waals surface area contributed by atoms with Crippen molar-refractivity contribution in [2.45, 2.75) is 25.3 Å². The number of nitrogens with zero attached hydrogens (tertiary/aromatic N) is 1. The molecule has 1 unspecified atom stereocenters. The molecule has 1 saturated heterocycles. The number of carbonyl (C=O) groups is 1. The molecule has 112 valence electrons. The maximum absolute atomic E-state index is 11.9. The van der Waals surface area contributed by atoms with Gasteiger partial charge in [-0.1, -0.05) is 6.08 Å². The summed E-state index contributed by atoms with van der Waals surface area (Å²) in [6.07, 6.45) is 5.63. The zero-order valence-electron chi connectivity index (χ0n) is 12.4. The molecule has 21 heavy (non-hydrogen) atoms. The van der Waals surface area contributed by atoms with Gasteiger partial charge in [0.2, 0.25) is 5.91 Å². The van der Waals surface area contributed by atoms with Crippen LogP contribution in [-0.4, -0.2) is 31.6 Å². The van der Waals surface area contributed by atoms with Crippen molar-refractivity contribution in [3.8, 4) is 5.75 Å². The number of ether oxygens (including phenoxy) is 1. The summed E-state index contributed by atoms with van der Waals surface area (Å²) in [4.78, 5) is 17.3. The molecular weight excluding hydrogens is 286 g/mol. The molecule has 1 aromatic rings. The Labute approximate surface area is 128 Å². The van der Waals surface area contributed by atoms with E-state index in [-0.39, 0.29) is 17.4 Å². The molecule has 1 fully saturated rings. The Hall–Kier alpha value is -1.82. The van der Waals surface area contributed by atoms with Gasteiger partial charge in [-0.15, -0.1) is 11.3 Å². The Kier molecular flexibility index (Phi) is 3.49. The molecule has 3 rings (SSSR count). The minimum absolute atomic E-state index is 0.00771. The van der Waals surface area contributed by atoms with E-state index in [0.717, 1.165) is 12.2 Å². The summed E-state index contributed by atoms with van der Waals surface area (Å²) in [5, 5.41) is 8.16. The standard InChI is InChI=1S/C15H19N3O2S/c1-15(7-13(19)17-14(16-2)18-15)9-4-5-12-10(6-9)11(20-3)8-21-12/h4-5,8-9H,6-7H2,1-3H3,(H2,16,17,18,19)/t9?,15-/m0/s1. The lowest BCUT2D eigenvalue weighted by molar-refractivity contribution is -0.122. The van der Waals surface area contributed by atoms with Crippen LogP contribution in [0.5, 0.6) is 5.75 Å². The van der Waals surface area contributed by atoms with Crippen molar-refractivity contribution in [1.82, 2.24) is 10.6 Å². The van der Waals surface area contributed by atoms with Crippen LogP contribution in [0, 0.1) is 5.92 Å². The van der Waals surface area contributed by atoms with E-state index < -0.39 is 0 Å². The van der Waals surface area contributed by atoms with E-state index in [1.165, 1.54) is 10.4 Å². The highest BCUT2D eigenvalue weighted by Crippen LogP contribution is 2.40. The number of nitrogens with one attached hydrogen (secondary N) is 2. The lowest BCUT2D eigenvalue weighted by atomic mass is 9.76. The fourth-order valence-electron chi connectivity index (χ4n) is 3.01. The normalized spacial score (nSPS) is 29.8. The summed E-state index contributed by atoms with van der Waals surface area (Å²) >= 11 is 1.69. The topological polar surface area (TPSA) is 62.7 Å². The molecular formula is C15H19N3O2S. The number of carbonyl (C=O) groups excluding carboxylic acids is 1. The van der Waals surface area contributed by atoms with Crippen molar-refractivity contribution >= 4 is 29.3 Å². The van der Waals surface area contributed by atoms with Gasteiger partial charge in [0, 0.05) is 28.8 Å². The maximum atomic E-state index is 11.9. The molecule has 1 aliphatic carbocycles. The average Bonchev–Trinajstić information content (AvgIpc) is 2.88. The van der Waals surface area contributed by atoms with Gasteiger partial charge in [0.15, 0.2) is 5.96 Å². The van der Waals surface area contributed by atoms with Crippen LogP contribution in [0.15, 0.2) is 16.4 Å². The summed E-state index contributed by atoms with van der Waals surface area (Å²) in [5.41, 5.74) is 0.900. The average molecular weight is 305 g/mol. The molecule has 0 saturated carbocycles. The van der Waals surface area contributed by atoms with Gasteiger partial charge in [0.1, 0.15) is 5.75 Å². The maximum Gasteiger partial charge on any atom is 0.229 e. The molecule has 1 aromatic heterocycles. The Morgan fingerprint density at radius 1 is 1.52 bits per heavy atom. The number of guanidine groups is 1. The molecule has 0 radical (unpaired) electrons. The molecule has 1 aliphatic heterocycles. The van der Waals surface area contributed by atoms with E-state index in [2.05, 4.69) is 34.7 Å². The van der Waals surface area contributed by atoms with Crippen LogP contribution < -0.4 is 15.4 Å². The number of methoxy groups -OCH3 is 1. The van der Waals surface area contributed by atoms with Crippen molar-refractivity contribution in [2.24, 2.45) is 10.9 Å². The Morgan fingerprint density at radius 3 is 3.05 bits per heavy atom. The summed E-state index contributed by atoms with van der Waals surface area (Å²) in [6, 6.07) is 0. The van der Waals surface area contributed by atoms with Crippen LogP contribution in [0.2, 0.25) is 0 Å². The highest BCUT2D eigenvalue weighted by molar-refractivity contribution is 7.11. The molecule has 2 N–H and O–H groups in total. The van der Waals surface area contributed by atoms with Crippen molar-refractivity contribution in [2.75, 3.05) is 14.2 Å². The number of fused-ring (bicyclic) bond motifs is 1. The van der Waals surface area contributed by atoms with E-state index >= 15 is 0 Å². The number of amides is 1. The molecule has 0 aromatic carbocycles. The van der Waals surface area contributed by atoms with Crippen molar-refractivity contribution in [3.63, 3.8) is 0 Å². The first-order valence-corrected chi connectivity index (χ1v) is 7.81. The van der Waals surface area contributed by atoms with E-state index in [0.29, 0.717) is 12.4 Å². The van der Waals surface area contributed by atoms with Crippen molar-refractivity contribution in [1.29, 1.82) is 0 Å². The third-order valence-electron chi connectivity index (χ3n) is 4.24. The minimum Gasteiger partial charge on any atom is -0.496 e. The quantitative estimate of drug-likeness (QED) is 0.876. The predicted octanol–water partition coefficient (Wildman–Crippen LogP) is 1.80. The summed E-state index contributed by atoms with van der Waals surface area (Å²) in [5.74, 6) is 1.72. The van der Waals surface area contributed by atoms with Gasteiger partial charge in [-0.25, -0.2) is 0 Å². The summed E-state index contributed by atoms with van der Waals surface area (Å²) in [7, 11) is 3.37. The molecule has 0 spiro atoms. The fourth-order valence-corrected chi connectivity index (χ4v) is 3.97. The van der Waals surface area contributed by atoms with Crippen LogP contribution in [-0.2, 0) is 11.2 Å². The third kappa shape index (κ3) is 2.44. The Morgan fingerprint density at radius 2 is 2.33 bits per heavy atom. The zero-order chi connectivity index (χ0) is 15.0. The molecule has 6 heteroatoms.